The van der Waals surface area contributed by atoms with Gasteiger partial charge in [0, 0.05) is 19.3 Å². The molecule has 0 bridgehead atoms. The van der Waals surface area contributed by atoms with Crippen LogP contribution in [0, 0.1) is 0 Å². The molecule has 3 N–H and O–H groups in total. The topological polar surface area (TPSA) is 175 Å². The molecule has 6 atom stereocenters. The van der Waals surface area contributed by atoms with Crippen molar-refractivity contribution in [1.82, 2.24) is 0 Å². The molecule has 0 aromatic carbocycles. The summed E-state index contributed by atoms with van der Waals surface area (Å²) in [5.41, 5.74) is 0. The number of carbonyl (C=O) groups is 4. The molecule has 12 heteroatoms. The van der Waals surface area contributed by atoms with Gasteiger partial charge in [0.15, 0.2) is 24.6 Å². The predicted octanol–water partition coefficient (Wildman–Crippen LogP) is 13.9. The average Bonchev–Trinajstić information content (AvgIpc) is 3.33. The molecular formula is C57H102O12. The number of allylic oxidation sites excluding steroid dienone is 4. The molecule has 1 saturated heterocycles. The maximum absolute atomic E-state index is 13.1. The number of esters is 3. The van der Waals surface area contributed by atoms with Gasteiger partial charge in [0.05, 0.1) is 6.61 Å². The Bertz CT molecular complexity index is 1300. The predicted molar refractivity (Wildman–Crippen MR) is 276 cm³/mol. The minimum atomic E-state index is -1.90. The van der Waals surface area contributed by atoms with E-state index in [4.69, 9.17) is 23.7 Å². The fourth-order valence-electron chi connectivity index (χ4n) is 8.64. The molecule has 0 aromatic heterocycles. The van der Waals surface area contributed by atoms with E-state index in [1.165, 1.54) is 116 Å². The zero-order valence-electron chi connectivity index (χ0n) is 44.1. The van der Waals surface area contributed by atoms with E-state index < -0.39 is 67.3 Å². The number of ether oxygens (including phenoxy) is 5. The summed E-state index contributed by atoms with van der Waals surface area (Å²) in [6.45, 7) is 5.93. The first-order valence-corrected chi connectivity index (χ1v) is 28.3. The van der Waals surface area contributed by atoms with Crippen LogP contribution in [0.2, 0.25) is 0 Å². The number of carboxylic acid groups (broad SMARTS) is 1. The van der Waals surface area contributed by atoms with Gasteiger partial charge in [0.1, 0.15) is 18.8 Å². The largest absolute Gasteiger partial charge is 0.479 e. The minimum Gasteiger partial charge on any atom is -0.479 e. The number of carbonyl (C=O) groups excluding carboxylic acids is 3. The number of carboxylic acids is 1. The van der Waals surface area contributed by atoms with E-state index in [1.54, 1.807) is 0 Å². The van der Waals surface area contributed by atoms with Gasteiger partial charge < -0.3 is 39.0 Å². The maximum Gasteiger partial charge on any atom is 0.335 e. The van der Waals surface area contributed by atoms with E-state index in [2.05, 4.69) is 45.1 Å². The fourth-order valence-corrected chi connectivity index (χ4v) is 8.64. The number of rotatable bonds is 48. The Morgan fingerprint density at radius 3 is 1.36 bits per heavy atom. The van der Waals surface area contributed by atoms with Crippen molar-refractivity contribution >= 4 is 23.9 Å². The van der Waals surface area contributed by atoms with Gasteiger partial charge in [-0.25, -0.2) is 4.79 Å². The SMILES string of the molecule is CCC/C=C\C/C=C\CCCCCCCC(=O)OC1C(OCC(COC(=O)CCCCCCCCCCCCCCC)OC(=O)CCCCCCCCCCCCCCC)OC(C(=O)O)C(O)C1O. The maximum atomic E-state index is 13.1. The highest BCUT2D eigenvalue weighted by Crippen LogP contribution is 2.26. The summed E-state index contributed by atoms with van der Waals surface area (Å²) in [5.74, 6) is -3.11. The van der Waals surface area contributed by atoms with Crippen molar-refractivity contribution in [3.8, 4) is 0 Å². The molecular weight excluding hydrogens is 877 g/mol. The van der Waals surface area contributed by atoms with Crippen LogP contribution in [0.5, 0.6) is 0 Å². The van der Waals surface area contributed by atoms with Gasteiger partial charge in [0.2, 0.25) is 0 Å². The number of hydrogen-bond donors (Lipinski definition) is 3. The first kappa shape index (κ1) is 64.2. The third-order valence-electron chi connectivity index (χ3n) is 13.0. The Labute approximate surface area is 419 Å². The standard InChI is InChI=1S/C57H102O12/c1-4-7-10-13-16-19-22-25-28-31-34-37-40-43-49(58)65-46-48(67-50(59)44-41-38-35-32-29-26-23-20-17-14-11-8-5-2)47-66-57-55(53(62)52(61)54(69-57)56(63)64)68-51(60)45-42-39-36-33-30-27-24-21-18-15-12-9-6-3/h12,15,21,24,48,52-55,57,61-62H,4-11,13-14,16-20,22-23,25-47H2,1-3H3,(H,63,64)/b15-12-,24-21-. The van der Waals surface area contributed by atoms with E-state index >= 15 is 0 Å². The van der Waals surface area contributed by atoms with Gasteiger partial charge >= 0.3 is 23.9 Å². The molecule has 1 fully saturated rings. The lowest BCUT2D eigenvalue weighted by atomic mass is 9.98. The highest BCUT2D eigenvalue weighted by atomic mass is 16.7. The van der Waals surface area contributed by atoms with Crippen molar-refractivity contribution in [2.45, 2.75) is 302 Å². The summed E-state index contributed by atoms with van der Waals surface area (Å²) in [5, 5.41) is 31.4. The fraction of sp³-hybridized carbons (Fsp3) is 0.860. The van der Waals surface area contributed by atoms with E-state index in [0.717, 1.165) is 89.9 Å². The quantitative estimate of drug-likeness (QED) is 0.0228. The Balaban J connectivity index is 2.71. The van der Waals surface area contributed by atoms with Gasteiger partial charge in [-0.05, 0) is 44.9 Å². The molecule has 0 aliphatic carbocycles. The lowest BCUT2D eigenvalue weighted by Gasteiger charge is -2.40. The van der Waals surface area contributed by atoms with Crippen molar-refractivity contribution in [3.63, 3.8) is 0 Å². The molecule has 1 heterocycles. The van der Waals surface area contributed by atoms with Crippen molar-refractivity contribution in [2.24, 2.45) is 0 Å². The van der Waals surface area contributed by atoms with Gasteiger partial charge in [-0.15, -0.1) is 0 Å². The van der Waals surface area contributed by atoms with Crippen molar-refractivity contribution in [3.05, 3.63) is 24.3 Å². The third-order valence-corrected chi connectivity index (χ3v) is 13.0. The molecule has 6 unspecified atom stereocenters. The highest BCUT2D eigenvalue weighted by Gasteiger charge is 2.50. The second-order valence-corrected chi connectivity index (χ2v) is 19.6. The molecule has 402 valence electrons. The summed E-state index contributed by atoms with van der Waals surface area (Å²) in [7, 11) is 0. The first-order chi connectivity index (χ1) is 33.6. The van der Waals surface area contributed by atoms with Crippen molar-refractivity contribution in [1.29, 1.82) is 0 Å². The molecule has 0 aromatic rings. The Kier molecular flexibility index (Phi) is 43.1. The van der Waals surface area contributed by atoms with Gasteiger partial charge in [-0.1, -0.05) is 225 Å². The Hall–Kier alpha value is -2.80. The molecule has 0 amide bonds. The molecule has 1 aliphatic rings. The van der Waals surface area contributed by atoms with Crippen LogP contribution in [-0.2, 0) is 42.9 Å². The van der Waals surface area contributed by atoms with Gasteiger partial charge in [-0.2, -0.15) is 0 Å². The van der Waals surface area contributed by atoms with Crippen LogP contribution in [0.1, 0.15) is 265 Å². The van der Waals surface area contributed by atoms with Gasteiger partial charge in [-0.3, -0.25) is 14.4 Å². The Morgan fingerprint density at radius 2 is 0.899 bits per heavy atom. The van der Waals surface area contributed by atoms with Crippen LogP contribution in [0.15, 0.2) is 24.3 Å². The van der Waals surface area contributed by atoms with E-state index in [1.807, 2.05) is 0 Å². The molecule has 0 saturated carbocycles. The van der Waals surface area contributed by atoms with Crippen LogP contribution in [0.3, 0.4) is 0 Å². The second-order valence-electron chi connectivity index (χ2n) is 19.6. The third kappa shape index (κ3) is 36.7. The number of unbranched alkanes of at least 4 members (excludes halogenated alkanes) is 30. The zero-order valence-corrected chi connectivity index (χ0v) is 44.1. The van der Waals surface area contributed by atoms with Crippen molar-refractivity contribution < 1.29 is 58.2 Å². The summed E-state index contributed by atoms with van der Waals surface area (Å²) in [4.78, 5) is 50.9. The van der Waals surface area contributed by atoms with Gasteiger partial charge in [0.25, 0.3) is 0 Å². The molecule has 0 radical (unpaired) electrons. The van der Waals surface area contributed by atoms with Crippen LogP contribution < -0.4 is 0 Å². The molecule has 12 nitrogen and oxygen atoms in total. The van der Waals surface area contributed by atoms with E-state index in [0.29, 0.717) is 19.3 Å². The average molecular weight is 979 g/mol. The first-order valence-electron chi connectivity index (χ1n) is 28.3. The van der Waals surface area contributed by atoms with Crippen LogP contribution in [-0.4, -0.2) is 89.2 Å². The summed E-state index contributed by atoms with van der Waals surface area (Å²) < 4.78 is 28.4. The molecule has 0 spiro atoms. The normalized spacial score (nSPS) is 18.8. The number of aliphatic hydroxyl groups is 2. The van der Waals surface area contributed by atoms with Crippen LogP contribution >= 0.6 is 0 Å². The zero-order chi connectivity index (χ0) is 50.4. The molecule has 1 rings (SSSR count). The second kappa shape index (κ2) is 46.3. The Morgan fingerprint density at radius 1 is 0.478 bits per heavy atom. The summed E-state index contributed by atoms with van der Waals surface area (Å²) >= 11 is 0. The van der Waals surface area contributed by atoms with Crippen LogP contribution in [0.25, 0.3) is 0 Å². The lowest BCUT2D eigenvalue weighted by Crippen LogP contribution is -2.61. The van der Waals surface area contributed by atoms with E-state index in [9.17, 15) is 34.5 Å². The summed E-state index contributed by atoms with van der Waals surface area (Å²) in [6, 6.07) is 0. The molecule has 1 aliphatic heterocycles. The molecule has 69 heavy (non-hydrogen) atoms. The lowest BCUT2D eigenvalue weighted by molar-refractivity contribution is -0.301. The van der Waals surface area contributed by atoms with E-state index in [-0.39, 0.29) is 25.9 Å². The smallest absolute Gasteiger partial charge is 0.335 e. The van der Waals surface area contributed by atoms with Crippen LogP contribution in [0.4, 0.5) is 0 Å². The van der Waals surface area contributed by atoms with Crippen molar-refractivity contribution in [2.75, 3.05) is 13.2 Å². The number of aliphatic carboxylic acids is 1. The number of aliphatic hydroxyl groups excluding tert-OH is 2. The number of hydrogen-bond acceptors (Lipinski definition) is 11. The highest BCUT2D eigenvalue weighted by molar-refractivity contribution is 5.74. The summed E-state index contributed by atoms with van der Waals surface area (Å²) in [6.07, 6.45) is 38.7. The monoisotopic (exact) mass is 979 g/mol. The minimum absolute atomic E-state index is 0.0486.